The molecule has 4 heteroatoms. The van der Waals surface area contributed by atoms with Crippen LogP contribution in [0.4, 0.5) is 0 Å². The van der Waals surface area contributed by atoms with Crippen LogP contribution in [0.5, 0.6) is 0 Å². The van der Waals surface area contributed by atoms with Gasteiger partial charge in [-0.1, -0.05) is 13.3 Å². The van der Waals surface area contributed by atoms with Crippen LogP contribution in [0.3, 0.4) is 0 Å². The van der Waals surface area contributed by atoms with Gasteiger partial charge in [0.05, 0.1) is 11.8 Å². The molecule has 0 unspecified atom stereocenters. The molecule has 3 nitrogen and oxygen atoms in total. The van der Waals surface area contributed by atoms with Crippen LogP contribution in [-0.4, -0.2) is 6.54 Å². The Balaban J connectivity index is 2.68. The number of hydrogen-bond donors (Lipinski definition) is 1. The van der Waals surface area contributed by atoms with E-state index in [1.165, 1.54) is 6.08 Å². The Kier molecular flexibility index (Phi) is 4.99. The first-order valence-electron chi connectivity index (χ1n) is 4.87. The van der Waals surface area contributed by atoms with E-state index in [-0.39, 0.29) is 0 Å². The molecule has 0 aliphatic carbocycles. The van der Waals surface area contributed by atoms with Crippen molar-refractivity contribution in [1.29, 1.82) is 5.26 Å². The van der Waals surface area contributed by atoms with Crippen molar-refractivity contribution in [2.24, 2.45) is 0 Å². The van der Waals surface area contributed by atoms with Gasteiger partial charge in [-0.25, -0.2) is 0 Å². The van der Waals surface area contributed by atoms with E-state index in [2.05, 4.69) is 28.2 Å². The predicted molar refractivity (Wildman–Crippen MR) is 62.9 cm³/mol. The van der Waals surface area contributed by atoms with E-state index >= 15 is 0 Å². The van der Waals surface area contributed by atoms with Crippen molar-refractivity contribution in [3.05, 3.63) is 28.6 Å². The molecule has 1 N–H and O–H groups in total. The molecule has 0 amide bonds. The van der Waals surface area contributed by atoms with E-state index in [1.54, 1.807) is 0 Å². The summed E-state index contributed by atoms with van der Waals surface area (Å²) in [6.45, 7) is 2.97. The third-order valence-electron chi connectivity index (χ3n) is 1.89. The molecule has 1 aromatic heterocycles. The van der Waals surface area contributed by atoms with Crippen molar-refractivity contribution in [2.75, 3.05) is 6.54 Å². The van der Waals surface area contributed by atoms with Crippen LogP contribution in [0, 0.1) is 11.3 Å². The van der Waals surface area contributed by atoms with Crippen molar-refractivity contribution >= 4 is 21.6 Å². The van der Waals surface area contributed by atoms with Gasteiger partial charge in [0.2, 0.25) is 0 Å². The first kappa shape index (κ1) is 11.9. The summed E-state index contributed by atoms with van der Waals surface area (Å²) in [5.74, 6) is 0.680. The fourth-order valence-electron chi connectivity index (χ4n) is 1.13. The Morgan fingerprint density at radius 3 is 3.00 bits per heavy atom. The Morgan fingerprint density at radius 1 is 1.67 bits per heavy atom. The third kappa shape index (κ3) is 3.80. The van der Waals surface area contributed by atoms with Gasteiger partial charge < -0.3 is 9.73 Å². The summed E-state index contributed by atoms with van der Waals surface area (Å²) in [4.78, 5) is 0. The quantitative estimate of drug-likeness (QED) is 0.659. The van der Waals surface area contributed by atoms with Crippen LogP contribution in [0.1, 0.15) is 25.5 Å². The maximum Gasteiger partial charge on any atom is 0.169 e. The second-order valence-electron chi connectivity index (χ2n) is 3.07. The number of nitrogens with one attached hydrogen (secondary N) is 1. The maximum absolute atomic E-state index is 8.64. The zero-order valence-corrected chi connectivity index (χ0v) is 10.2. The Morgan fingerprint density at radius 2 is 2.47 bits per heavy atom. The van der Waals surface area contributed by atoms with Crippen molar-refractivity contribution < 1.29 is 4.42 Å². The van der Waals surface area contributed by atoms with Crippen LogP contribution in [0.2, 0.25) is 0 Å². The van der Waals surface area contributed by atoms with E-state index in [1.807, 2.05) is 18.2 Å². The molecule has 1 heterocycles. The zero-order valence-electron chi connectivity index (χ0n) is 8.59. The molecule has 0 aliphatic rings. The highest BCUT2D eigenvalue weighted by molar-refractivity contribution is 9.10. The molecule has 0 radical (unpaired) electrons. The summed E-state index contributed by atoms with van der Waals surface area (Å²) in [6.07, 6.45) is 3.65. The molecule has 0 aliphatic heterocycles. The number of halogens is 1. The summed E-state index contributed by atoms with van der Waals surface area (Å²) in [5.41, 5.74) is 0.733. The summed E-state index contributed by atoms with van der Waals surface area (Å²) in [6, 6.07) is 5.64. The first-order chi connectivity index (χ1) is 7.27. The molecule has 80 valence electrons. The van der Waals surface area contributed by atoms with Gasteiger partial charge in [0, 0.05) is 12.6 Å². The Labute approximate surface area is 97.9 Å². The molecule has 0 saturated heterocycles. The van der Waals surface area contributed by atoms with Gasteiger partial charge in [-0.15, -0.1) is 0 Å². The van der Waals surface area contributed by atoms with Crippen LogP contribution < -0.4 is 5.32 Å². The van der Waals surface area contributed by atoms with E-state index < -0.39 is 0 Å². The minimum atomic E-state index is 0.665. The minimum absolute atomic E-state index is 0.665. The first-order valence-corrected chi connectivity index (χ1v) is 5.66. The van der Waals surface area contributed by atoms with Gasteiger partial charge in [0.25, 0.3) is 0 Å². The molecule has 0 atom stereocenters. The molecule has 0 bridgehead atoms. The van der Waals surface area contributed by atoms with Gasteiger partial charge in [0.1, 0.15) is 0 Å². The second-order valence-corrected chi connectivity index (χ2v) is 3.85. The number of hydrogen-bond acceptors (Lipinski definition) is 3. The monoisotopic (exact) mass is 268 g/mol. The fraction of sp³-hybridized carbons (Fsp3) is 0.364. The topological polar surface area (TPSA) is 49.0 Å². The second kappa shape index (κ2) is 6.31. The van der Waals surface area contributed by atoms with Crippen molar-refractivity contribution in [2.45, 2.75) is 19.8 Å². The lowest BCUT2D eigenvalue weighted by atomic mass is 10.3. The Bertz CT molecular complexity index is 376. The number of unbranched alkanes of at least 4 members (excludes halogenated alkanes) is 1. The SMILES string of the molecule is CCCCN/C(=C\C#N)c1ccc(Br)o1. The van der Waals surface area contributed by atoms with E-state index in [0.29, 0.717) is 10.4 Å². The molecule has 0 spiro atoms. The molecule has 1 aromatic rings. The van der Waals surface area contributed by atoms with Crippen LogP contribution in [-0.2, 0) is 0 Å². The molecular weight excluding hydrogens is 256 g/mol. The van der Waals surface area contributed by atoms with Gasteiger partial charge >= 0.3 is 0 Å². The number of nitriles is 1. The fourth-order valence-corrected chi connectivity index (χ4v) is 1.44. The molecule has 0 fully saturated rings. The predicted octanol–water partition coefficient (Wildman–Crippen LogP) is 3.30. The van der Waals surface area contributed by atoms with Crippen molar-refractivity contribution in [3.8, 4) is 6.07 Å². The van der Waals surface area contributed by atoms with E-state index in [4.69, 9.17) is 9.68 Å². The zero-order chi connectivity index (χ0) is 11.1. The Hall–Kier alpha value is -1.21. The van der Waals surface area contributed by atoms with E-state index in [0.717, 1.165) is 25.1 Å². The van der Waals surface area contributed by atoms with Gasteiger partial charge in [-0.05, 0) is 34.5 Å². The lowest BCUT2D eigenvalue weighted by Crippen LogP contribution is -2.13. The lowest BCUT2D eigenvalue weighted by Gasteiger charge is -2.06. The summed E-state index contributed by atoms with van der Waals surface area (Å²) in [5, 5.41) is 11.8. The summed E-state index contributed by atoms with van der Waals surface area (Å²) >= 11 is 3.23. The molecular formula is C11H13BrN2O. The van der Waals surface area contributed by atoms with E-state index in [9.17, 15) is 0 Å². The highest BCUT2D eigenvalue weighted by Crippen LogP contribution is 2.19. The van der Waals surface area contributed by atoms with Gasteiger partial charge in [-0.2, -0.15) is 5.26 Å². The molecule has 0 aromatic carbocycles. The maximum atomic E-state index is 8.64. The van der Waals surface area contributed by atoms with Crippen molar-refractivity contribution in [1.82, 2.24) is 5.32 Å². The average Bonchev–Trinajstić information content (AvgIpc) is 2.64. The molecule has 0 saturated carbocycles. The normalized spacial score (nSPS) is 11.1. The lowest BCUT2D eigenvalue weighted by molar-refractivity contribution is 0.522. The smallest absolute Gasteiger partial charge is 0.169 e. The number of rotatable bonds is 5. The van der Waals surface area contributed by atoms with Crippen molar-refractivity contribution in [3.63, 3.8) is 0 Å². The van der Waals surface area contributed by atoms with Crippen LogP contribution in [0.25, 0.3) is 5.70 Å². The highest BCUT2D eigenvalue weighted by atomic mass is 79.9. The summed E-state index contributed by atoms with van der Waals surface area (Å²) < 4.78 is 6.03. The molecule has 1 rings (SSSR count). The minimum Gasteiger partial charge on any atom is -0.448 e. The van der Waals surface area contributed by atoms with Crippen LogP contribution in [0.15, 0.2) is 27.3 Å². The van der Waals surface area contributed by atoms with Crippen LogP contribution >= 0.6 is 15.9 Å². The average molecular weight is 269 g/mol. The highest BCUT2D eigenvalue weighted by Gasteiger charge is 2.05. The number of furan rings is 1. The molecule has 15 heavy (non-hydrogen) atoms. The largest absolute Gasteiger partial charge is 0.448 e. The van der Waals surface area contributed by atoms with Gasteiger partial charge in [-0.3, -0.25) is 0 Å². The van der Waals surface area contributed by atoms with Gasteiger partial charge in [0.15, 0.2) is 10.4 Å². The number of nitrogens with zero attached hydrogens (tertiary/aromatic N) is 1. The third-order valence-corrected chi connectivity index (χ3v) is 2.32. The number of allylic oxidation sites excluding steroid dienone is 1. The summed E-state index contributed by atoms with van der Waals surface area (Å²) in [7, 11) is 0. The standard InChI is InChI=1S/C11H13BrN2O/c1-2-3-8-14-9(6-7-13)10-4-5-11(12)15-10/h4-6,14H,2-3,8H2,1H3/b9-6-.